The molecule has 0 aromatic heterocycles. The average Bonchev–Trinajstić information content (AvgIpc) is 2.59. The summed E-state index contributed by atoms with van der Waals surface area (Å²) >= 11 is 0. The molecule has 16 heteroatoms. The molecule has 0 saturated carbocycles. The Bertz CT molecular complexity index is 653. The lowest BCUT2D eigenvalue weighted by Crippen LogP contribution is -2.64. The van der Waals surface area contributed by atoms with Gasteiger partial charge in [0.2, 0.25) is 0 Å². The second-order valence-corrected chi connectivity index (χ2v) is 7.19. The summed E-state index contributed by atoms with van der Waals surface area (Å²) in [5.74, 6) is -1.70. The Labute approximate surface area is 157 Å². The molecule has 0 unspecified atom stereocenters. The van der Waals surface area contributed by atoms with Gasteiger partial charge in [0.25, 0.3) is 0 Å². The summed E-state index contributed by atoms with van der Waals surface area (Å²) in [6.45, 7) is -0.977. The molecule has 0 radical (unpaired) electrons. The van der Waals surface area contributed by atoms with Crippen LogP contribution in [0.2, 0.25) is 0 Å². The summed E-state index contributed by atoms with van der Waals surface area (Å²) in [4.78, 5) is 11.1. The highest BCUT2D eigenvalue weighted by Crippen LogP contribution is 2.28. The standard InChI is InChI=1S/C12H20O15S/c13-3-2(1-24-28(21,22)23)25-11(20)9(5(3)15)27-12-7(17)4(14)6(16)8(26-12)10(18)19/h2-9,11-17,20H,1H2,(H,18,19)(H,21,22,23)/t2-,3-,4+,5+,6+,7-,8+,9-,11-,12+/m1/s1. The lowest BCUT2D eigenvalue weighted by atomic mass is 9.97. The van der Waals surface area contributed by atoms with Crippen molar-refractivity contribution in [1.29, 1.82) is 0 Å². The minimum Gasteiger partial charge on any atom is -0.479 e. The highest BCUT2D eigenvalue weighted by Gasteiger charge is 2.51. The van der Waals surface area contributed by atoms with E-state index in [1.165, 1.54) is 0 Å². The summed E-state index contributed by atoms with van der Waals surface area (Å²) in [6.07, 6.45) is -19.4. The molecule has 0 bridgehead atoms. The van der Waals surface area contributed by atoms with Crippen molar-refractivity contribution >= 4 is 16.4 Å². The third-order valence-electron chi connectivity index (χ3n) is 4.15. The zero-order valence-electron chi connectivity index (χ0n) is 13.8. The molecule has 2 aliphatic rings. The highest BCUT2D eigenvalue weighted by molar-refractivity contribution is 7.80. The number of ether oxygens (including phenoxy) is 3. The van der Waals surface area contributed by atoms with E-state index >= 15 is 0 Å². The van der Waals surface area contributed by atoms with Gasteiger partial charge in [-0.1, -0.05) is 0 Å². The molecule has 164 valence electrons. The van der Waals surface area contributed by atoms with E-state index in [4.69, 9.17) is 23.9 Å². The topological polar surface area (TPSA) is 250 Å². The van der Waals surface area contributed by atoms with E-state index in [0.29, 0.717) is 0 Å². The fourth-order valence-electron chi connectivity index (χ4n) is 2.68. The molecular formula is C12H20O15S. The van der Waals surface area contributed by atoms with Crippen LogP contribution in [0.15, 0.2) is 0 Å². The molecular weight excluding hydrogens is 416 g/mol. The number of carbonyl (C=O) groups is 1. The maximum absolute atomic E-state index is 11.1. The van der Waals surface area contributed by atoms with Crippen LogP contribution in [0, 0.1) is 0 Å². The Hall–Kier alpha value is -1.02. The maximum atomic E-state index is 11.1. The number of carboxylic acids is 1. The summed E-state index contributed by atoms with van der Waals surface area (Å²) in [5, 5.41) is 68.1. The predicted molar refractivity (Wildman–Crippen MR) is 79.6 cm³/mol. The first-order valence-electron chi connectivity index (χ1n) is 7.73. The average molecular weight is 436 g/mol. The lowest BCUT2D eigenvalue weighted by molar-refractivity contribution is -0.357. The van der Waals surface area contributed by atoms with Crippen LogP contribution in [0.4, 0.5) is 0 Å². The van der Waals surface area contributed by atoms with Gasteiger partial charge in [-0.2, -0.15) is 8.42 Å². The molecule has 15 nitrogen and oxygen atoms in total. The van der Waals surface area contributed by atoms with E-state index in [2.05, 4.69) is 4.18 Å². The van der Waals surface area contributed by atoms with Crippen molar-refractivity contribution in [2.24, 2.45) is 0 Å². The van der Waals surface area contributed by atoms with Gasteiger partial charge in [-0.3, -0.25) is 4.55 Å². The van der Waals surface area contributed by atoms with E-state index in [-0.39, 0.29) is 0 Å². The molecule has 2 heterocycles. The molecule has 0 spiro atoms. The van der Waals surface area contributed by atoms with Crippen molar-refractivity contribution in [2.45, 2.75) is 61.4 Å². The zero-order valence-corrected chi connectivity index (χ0v) is 14.6. The summed E-state index contributed by atoms with van der Waals surface area (Å²) in [5.41, 5.74) is 0. The lowest BCUT2D eigenvalue weighted by Gasteiger charge is -2.44. The quantitative estimate of drug-likeness (QED) is 0.181. The van der Waals surface area contributed by atoms with E-state index in [9.17, 15) is 43.9 Å². The first-order chi connectivity index (χ1) is 12.8. The Balaban J connectivity index is 2.08. The van der Waals surface area contributed by atoms with Crippen LogP contribution in [0.25, 0.3) is 0 Å². The number of aliphatic carboxylic acids is 1. The molecule has 0 amide bonds. The van der Waals surface area contributed by atoms with Crippen LogP contribution >= 0.6 is 0 Å². The first-order valence-corrected chi connectivity index (χ1v) is 9.09. The third kappa shape index (κ3) is 5.12. The normalized spacial score (nSPS) is 45.0. The van der Waals surface area contributed by atoms with Crippen LogP contribution in [-0.2, 0) is 33.6 Å². The van der Waals surface area contributed by atoms with Crippen molar-refractivity contribution in [3.63, 3.8) is 0 Å². The maximum Gasteiger partial charge on any atom is 0.397 e. The van der Waals surface area contributed by atoms with Crippen LogP contribution in [0.5, 0.6) is 0 Å². The number of aliphatic hydroxyl groups excluding tert-OH is 6. The molecule has 0 aliphatic carbocycles. The minimum absolute atomic E-state index is 0.977. The van der Waals surface area contributed by atoms with Gasteiger partial charge in [-0.25, -0.2) is 8.98 Å². The summed E-state index contributed by atoms with van der Waals surface area (Å²) in [7, 11) is -4.90. The van der Waals surface area contributed by atoms with Crippen molar-refractivity contribution in [1.82, 2.24) is 0 Å². The van der Waals surface area contributed by atoms with Gasteiger partial charge in [0.05, 0.1) is 6.61 Å². The number of aliphatic hydroxyl groups is 6. The molecule has 8 N–H and O–H groups in total. The van der Waals surface area contributed by atoms with Crippen LogP contribution in [0.1, 0.15) is 0 Å². The number of hydrogen-bond donors (Lipinski definition) is 8. The van der Waals surface area contributed by atoms with Gasteiger partial charge in [-0.15, -0.1) is 0 Å². The van der Waals surface area contributed by atoms with Gasteiger partial charge < -0.3 is 50.0 Å². The zero-order chi connectivity index (χ0) is 21.4. The second kappa shape index (κ2) is 8.78. The Kier molecular flexibility index (Phi) is 7.29. The Morgan fingerprint density at radius 1 is 0.893 bits per heavy atom. The van der Waals surface area contributed by atoms with Gasteiger partial charge in [0.1, 0.15) is 42.7 Å². The van der Waals surface area contributed by atoms with Gasteiger partial charge in [0.15, 0.2) is 18.7 Å². The van der Waals surface area contributed by atoms with Gasteiger partial charge in [-0.05, 0) is 0 Å². The van der Waals surface area contributed by atoms with E-state index in [1.807, 2.05) is 0 Å². The minimum atomic E-state index is -4.90. The molecule has 0 aromatic rings. The fourth-order valence-corrected chi connectivity index (χ4v) is 2.98. The SMILES string of the molecule is O=C(O)[C@H]1O[C@@H](O[C@@H]2[C@@H](O)[C@H](O)[C@@H](COS(=O)(=O)O)O[C@H]2O)[C@H](O)[C@@H](O)[C@@H]1O. The van der Waals surface area contributed by atoms with Crippen molar-refractivity contribution < 1.29 is 71.9 Å². The molecule has 2 saturated heterocycles. The van der Waals surface area contributed by atoms with E-state index < -0.39 is 84.4 Å². The molecule has 2 rings (SSSR count). The second-order valence-electron chi connectivity index (χ2n) is 6.09. The van der Waals surface area contributed by atoms with Gasteiger partial charge >= 0.3 is 16.4 Å². The van der Waals surface area contributed by atoms with Crippen molar-refractivity contribution in [3.8, 4) is 0 Å². The molecule has 10 atom stereocenters. The summed E-state index contributed by atoms with van der Waals surface area (Å²) < 4.78 is 48.3. The molecule has 2 fully saturated rings. The van der Waals surface area contributed by atoms with E-state index in [0.717, 1.165) is 0 Å². The van der Waals surface area contributed by atoms with Crippen LogP contribution in [-0.4, -0.2) is 123 Å². The Morgan fingerprint density at radius 3 is 2.04 bits per heavy atom. The van der Waals surface area contributed by atoms with Crippen LogP contribution < -0.4 is 0 Å². The van der Waals surface area contributed by atoms with E-state index in [1.54, 1.807) is 0 Å². The molecule has 0 aromatic carbocycles. The Morgan fingerprint density at radius 2 is 1.50 bits per heavy atom. The van der Waals surface area contributed by atoms with Crippen molar-refractivity contribution in [3.05, 3.63) is 0 Å². The number of carboxylic acid groups (broad SMARTS) is 1. The number of rotatable bonds is 6. The van der Waals surface area contributed by atoms with Crippen molar-refractivity contribution in [2.75, 3.05) is 6.61 Å². The predicted octanol–water partition coefficient (Wildman–Crippen LogP) is -5.48. The number of hydrogen-bond acceptors (Lipinski definition) is 13. The molecule has 28 heavy (non-hydrogen) atoms. The van der Waals surface area contributed by atoms with Gasteiger partial charge in [0, 0.05) is 0 Å². The first kappa shape index (κ1) is 23.3. The monoisotopic (exact) mass is 436 g/mol. The smallest absolute Gasteiger partial charge is 0.397 e. The third-order valence-corrected chi connectivity index (χ3v) is 4.58. The summed E-state index contributed by atoms with van der Waals surface area (Å²) in [6, 6.07) is 0. The highest BCUT2D eigenvalue weighted by atomic mass is 32.3. The fraction of sp³-hybridized carbons (Fsp3) is 0.917. The van der Waals surface area contributed by atoms with Crippen LogP contribution in [0.3, 0.4) is 0 Å². The molecule has 2 aliphatic heterocycles. The largest absolute Gasteiger partial charge is 0.479 e.